The summed E-state index contributed by atoms with van der Waals surface area (Å²) in [5.41, 5.74) is 8.45. The molecule has 7 nitrogen and oxygen atoms in total. The van der Waals surface area contributed by atoms with E-state index in [9.17, 15) is 14.4 Å². The van der Waals surface area contributed by atoms with Crippen LogP contribution in [0.3, 0.4) is 0 Å². The highest BCUT2D eigenvalue weighted by Gasteiger charge is 2.18. The molecule has 0 aliphatic carbocycles. The fourth-order valence-electron chi connectivity index (χ4n) is 2.38. The largest absolute Gasteiger partial charge is 0.399 e. The standard InChI is InChI=1S/C21H18N4O3/c22-15-8-6-14(7-9-15)19(26)25-21(28)20(27)24-18-12-10-17(11-13-18)23-16-4-2-1-3-5-16/h1-13,23H,22H2,(H,24,27)(H,25,26,28). The van der Waals surface area contributed by atoms with Gasteiger partial charge in [0, 0.05) is 28.3 Å². The van der Waals surface area contributed by atoms with Crippen molar-refractivity contribution in [3.63, 3.8) is 0 Å². The lowest BCUT2D eigenvalue weighted by atomic mass is 10.2. The first-order chi connectivity index (χ1) is 13.5. The molecule has 3 rings (SSSR count). The Morgan fingerprint density at radius 1 is 0.643 bits per heavy atom. The van der Waals surface area contributed by atoms with Gasteiger partial charge < -0.3 is 16.4 Å². The molecule has 7 heteroatoms. The van der Waals surface area contributed by atoms with Crippen LogP contribution in [0.5, 0.6) is 0 Å². The maximum atomic E-state index is 12.0. The van der Waals surface area contributed by atoms with E-state index in [-0.39, 0.29) is 5.56 Å². The quantitative estimate of drug-likeness (QED) is 0.414. The molecular weight excluding hydrogens is 356 g/mol. The number of hydrogen-bond donors (Lipinski definition) is 4. The van der Waals surface area contributed by atoms with E-state index in [1.54, 1.807) is 24.3 Å². The van der Waals surface area contributed by atoms with Gasteiger partial charge in [0.1, 0.15) is 0 Å². The summed E-state index contributed by atoms with van der Waals surface area (Å²) in [5, 5.41) is 7.69. The predicted molar refractivity (Wildman–Crippen MR) is 108 cm³/mol. The number of rotatable bonds is 4. The zero-order chi connectivity index (χ0) is 19.9. The molecule has 0 saturated carbocycles. The molecular formula is C21H18N4O3. The highest BCUT2D eigenvalue weighted by atomic mass is 16.2. The monoisotopic (exact) mass is 374 g/mol. The molecule has 0 atom stereocenters. The lowest BCUT2D eigenvalue weighted by Crippen LogP contribution is -2.39. The Hall–Kier alpha value is -4.13. The fourth-order valence-corrected chi connectivity index (χ4v) is 2.38. The highest BCUT2D eigenvalue weighted by molar-refractivity contribution is 6.42. The van der Waals surface area contributed by atoms with E-state index in [1.165, 1.54) is 24.3 Å². The van der Waals surface area contributed by atoms with Crippen LogP contribution in [-0.2, 0) is 9.59 Å². The van der Waals surface area contributed by atoms with Gasteiger partial charge in [-0.25, -0.2) is 0 Å². The molecule has 0 heterocycles. The Morgan fingerprint density at radius 3 is 1.86 bits per heavy atom. The molecule has 0 radical (unpaired) electrons. The van der Waals surface area contributed by atoms with Gasteiger partial charge in [0.2, 0.25) is 0 Å². The van der Waals surface area contributed by atoms with Crippen LogP contribution in [0, 0.1) is 0 Å². The second kappa shape index (κ2) is 8.50. The Kier molecular flexibility index (Phi) is 5.66. The third-order valence-electron chi connectivity index (χ3n) is 3.81. The molecule has 0 unspecified atom stereocenters. The Labute approximate surface area is 161 Å². The van der Waals surface area contributed by atoms with Crippen LogP contribution in [-0.4, -0.2) is 17.7 Å². The summed E-state index contributed by atoms with van der Waals surface area (Å²) >= 11 is 0. The van der Waals surface area contributed by atoms with Crippen molar-refractivity contribution < 1.29 is 14.4 Å². The number of imide groups is 1. The molecule has 0 aromatic heterocycles. The first kappa shape index (κ1) is 18.7. The van der Waals surface area contributed by atoms with Crippen LogP contribution in [0.25, 0.3) is 0 Å². The van der Waals surface area contributed by atoms with E-state index >= 15 is 0 Å². The molecule has 0 fully saturated rings. The average molecular weight is 374 g/mol. The minimum absolute atomic E-state index is 0.228. The number of nitrogen functional groups attached to an aromatic ring is 1. The van der Waals surface area contributed by atoms with E-state index in [2.05, 4.69) is 10.6 Å². The first-order valence-corrected chi connectivity index (χ1v) is 8.45. The first-order valence-electron chi connectivity index (χ1n) is 8.45. The highest BCUT2D eigenvalue weighted by Crippen LogP contribution is 2.18. The third-order valence-corrected chi connectivity index (χ3v) is 3.81. The van der Waals surface area contributed by atoms with Crippen molar-refractivity contribution in [2.75, 3.05) is 16.4 Å². The number of anilines is 4. The molecule has 5 N–H and O–H groups in total. The van der Waals surface area contributed by atoms with E-state index in [0.717, 1.165) is 11.4 Å². The number of carbonyl (C=O) groups is 3. The number of benzene rings is 3. The third kappa shape index (κ3) is 4.95. The summed E-state index contributed by atoms with van der Waals surface area (Å²) in [6.45, 7) is 0. The number of hydrogen-bond acceptors (Lipinski definition) is 5. The summed E-state index contributed by atoms with van der Waals surface area (Å²) in [7, 11) is 0. The molecule has 3 aromatic carbocycles. The van der Waals surface area contributed by atoms with Crippen LogP contribution in [0.1, 0.15) is 10.4 Å². The maximum absolute atomic E-state index is 12.0. The summed E-state index contributed by atoms with van der Waals surface area (Å²) in [5.74, 6) is -2.66. The Bertz CT molecular complexity index is 984. The Morgan fingerprint density at radius 2 is 1.21 bits per heavy atom. The molecule has 140 valence electrons. The molecule has 0 bridgehead atoms. The van der Waals surface area contributed by atoms with Gasteiger partial charge in [-0.1, -0.05) is 18.2 Å². The second-order valence-electron chi connectivity index (χ2n) is 5.93. The number of nitrogens with one attached hydrogen (secondary N) is 3. The van der Waals surface area contributed by atoms with Gasteiger partial charge in [0.25, 0.3) is 5.91 Å². The smallest absolute Gasteiger partial charge is 0.316 e. The average Bonchev–Trinajstić information content (AvgIpc) is 2.70. The molecule has 0 saturated heterocycles. The number of carbonyl (C=O) groups excluding carboxylic acids is 3. The van der Waals surface area contributed by atoms with Gasteiger partial charge in [-0.15, -0.1) is 0 Å². The molecule has 3 aromatic rings. The summed E-state index contributed by atoms with van der Waals surface area (Å²) < 4.78 is 0. The normalized spacial score (nSPS) is 10.0. The molecule has 0 spiro atoms. The van der Waals surface area contributed by atoms with E-state index in [1.807, 2.05) is 35.6 Å². The van der Waals surface area contributed by atoms with E-state index < -0.39 is 17.7 Å². The van der Waals surface area contributed by atoms with Crippen molar-refractivity contribution in [1.29, 1.82) is 0 Å². The summed E-state index contributed by atoms with van der Waals surface area (Å²) in [6, 6.07) is 22.4. The van der Waals surface area contributed by atoms with Crippen molar-refractivity contribution in [3.8, 4) is 0 Å². The van der Waals surface area contributed by atoms with Gasteiger partial charge in [-0.05, 0) is 60.7 Å². The molecule has 3 amide bonds. The van der Waals surface area contributed by atoms with E-state index in [0.29, 0.717) is 11.4 Å². The summed E-state index contributed by atoms with van der Waals surface area (Å²) in [6.07, 6.45) is 0. The zero-order valence-electron chi connectivity index (χ0n) is 14.8. The van der Waals surface area contributed by atoms with Crippen LogP contribution >= 0.6 is 0 Å². The fraction of sp³-hybridized carbons (Fsp3) is 0. The zero-order valence-corrected chi connectivity index (χ0v) is 14.8. The van der Waals surface area contributed by atoms with Crippen LogP contribution in [0.15, 0.2) is 78.9 Å². The predicted octanol–water partition coefficient (Wildman–Crippen LogP) is 2.91. The lowest BCUT2D eigenvalue weighted by molar-refractivity contribution is -0.135. The number of nitrogens with two attached hydrogens (primary N) is 1. The van der Waals surface area contributed by atoms with Gasteiger partial charge in [-0.2, -0.15) is 0 Å². The minimum Gasteiger partial charge on any atom is -0.399 e. The van der Waals surface area contributed by atoms with E-state index in [4.69, 9.17) is 5.73 Å². The maximum Gasteiger partial charge on any atom is 0.316 e. The van der Waals surface area contributed by atoms with Crippen LogP contribution < -0.4 is 21.7 Å². The number of amides is 3. The second-order valence-corrected chi connectivity index (χ2v) is 5.93. The van der Waals surface area contributed by atoms with Crippen LogP contribution in [0.2, 0.25) is 0 Å². The van der Waals surface area contributed by atoms with Crippen molar-refractivity contribution in [2.45, 2.75) is 0 Å². The number of para-hydroxylation sites is 1. The van der Waals surface area contributed by atoms with Crippen molar-refractivity contribution >= 4 is 40.5 Å². The lowest BCUT2D eigenvalue weighted by Gasteiger charge is -2.09. The SMILES string of the molecule is Nc1ccc(C(=O)NC(=O)C(=O)Nc2ccc(Nc3ccccc3)cc2)cc1. The van der Waals surface area contributed by atoms with Gasteiger partial charge in [0.05, 0.1) is 0 Å². The van der Waals surface area contributed by atoms with Crippen molar-refractivity contribution in [2.24, 2.45) is 0 Å². The Balaban J connectivity index is 1.55. The molecule has 0 aliphatic rings. The topological polar surface area (TPSA) is 113 Å². The van der Waals surface area contributed by atoms with Crippen molar-refractivity contribution in [1.82, 2.24) is 5.32 Å². The summed E-state index contributed by atoms with van der Waals surface area (Å²) in [4.78, 5) is 35.9. The van der Waals surface area contributed by atoms with Gasteiger partial charge in [-0.3, -0.25) is 19.7 Å². The van der Waals surface area contributed by atoms with Crippen molar-refractivity contribution in [3.05, 3.63) is 84.4 Å². The minimum atomic E-state index is -1.05. The molecule has 0 aliphatic heterocycles. The van der Waals surface area contributed by atoms with Gasteiger partial charge >= 0.3 is 11.8 Å². The van der Waals surface area contributed by atoms with Crippen LogP contribution in [0.4, 0.5) is 22.7 Å². The molecule has 28 heavy (non-hydrogen) atoms. The van der Waals surface area contributed by atoms with Gasteiger partial charge in [0.15, 0.2) is 0 Å².